The molecule has 5 rings (SSSR count). The van der Waals surface area contributed by atoms with E-state index in [2.05, 4.69) is 29.7 Å². The second kappa shape index (κ2) is 9.97. The molecule has 2 unspecified atom stereocenters. The molecule has 2 N–H and O–H groups in total. The number of carbonyl (C=O) groups is 2. The van der Waals surface area contributed by atoms with Gasteiger partial charge in [0.15, 0.2) is 0 Å². The summed E-state index contributed by atoms with van der Waals surface area (Å²) in [4.78, 5) is 25.2. The van der Waals surface area contributed by atoms with Crippen LogP contribution in [0.25, 0.3) is 11.3 Å². The Hall–Kier alpha value is -4.19. The molecular formula is C29H28N4O2. The second-order valence-electron chi connectivity index (χ2n) is 9.12. The highest BCUT2D eigenvalue weighted by molar-refractivity contribution is 5.98. The SMILES string of the molecule is CC1CC1C(=O)Nc1cccc(C(=O)NCc2cn(Cc3ccccc3)nc2-c2ccccc2)c1. The van der Waals surface area contributed by atoms with Crippen LogP contribution in [0.3, 0.4) is 0 Å². The van der Waals surface area contributed by atoms with Gasteiger partial charge < -0.3 is 10.6 Å². The fourth-order valence-electron chi connectivity index (χ4n) is 4.22. The first kappa shape index (κ1) is 22.6. The van der Waals surface area contributed by atoms with E-state index in [0.717, 1.165) is 28.8 Å². The molecule has 1 saturated carbocycles. The minimum absolute atomic E-state index is 0.0217. The van der Waals surface area contributed by atoms with Gasteiger partial charge in [-0.2, -0.15) is 5.10 Å². The van der Waals surface area contributed by atoms with Gasteiger partial charge in [0.05, 0.1) is 12.2 Å². The van der Waals surface area contributed by atoms with E-state index in [4.69, 9.17) is 5.10 Å². The largest absolute Gasteiger partial charge is 0.348 e. The Morgan fingerprint density at radius 2 is 1.69 bits per heavy atom. The summed E-state index contributed by atoms with van der Waals surface area (Å²) in [5.41, 5.74) is 5.09. The standard InChI is InChI=1S/C29H28N4O2/c1-20-15-26(20)29(35)31-25-14-8-13-23(16-25)28(34)30-17-24-19-33(18-21-9-4-2-5-10-21)32-27(24)22-11-6-3-7-12-22/h2-14,16,19-20,26H,15,17-18H2,1H3,(H,30,34)(H,31,35). The van der Waals surface area contributed by atoms with Crippen molar-refractivity contribution in [1.29, 1.82) is 0 Å². The summed E-state index contributed by atoms with van der Waals surface area (Å²) in [6.07, 6.45) is 2.91. The zero-order chi connectivity index (χ0) is 24.2. The molecule has 35 heavy (non-hydrogen) atoms. The van der Waals surface area contributed by atoms with Gasteiger partial charge in [-0.15, -0.1) is 0 Å². The van der Waals surface area contributed by atoms with Gasteiger partial charge in [0.1, 0.15) is 0 Å². The van der Waals surface area contributed by atoms with Crippen LogP contribution >= 0.6 is 0 Å². The molecule has 0 aliphatic heterocycles. The fourth-order valence-corrected chi connectivity index (χ4v) is 4.22. The minimum atomic E-state index is -0.198. The number of benzene rings is 3. The molecule has 1 heterocycles. The van der Waals surface area contributed by atoms with Crippen LogP contribution in [0.2, 0.25) is 0 Å². The first-order chi connectivity index (χ1) is 17.1. The smallest absolute Gasteiger partial charge is 0.251 e. The number of nitrogens with zero attached hydrogens (tertiary/aromatic N) is 2. The lowest BCUT2D eigenvalue weighted by atomic mass is 10.1. The number of hydrogen-bond donors (Lipinski definition) is 2. The molecule has 2 atom stereocenters. The molecule has 1 aromatic heterocycles. The third-order valence-electron chi connectivity index (χ3n) is 6.35. The van der Waals surface area contributed by atoms with Gasteiger partial charge in [-0.3, -0.25) is 14.3 Å². The minimum Gasteiger partial charge on any atom is -0.348 e. The molecule has 1 aliphatic rings. The first-order valence-corrected chi connectivity index (χ1v) is 11.9. The van der Waals surface area contributed by atoms with Gasteiger partial charge in [-0.1, -0.05) is 73.7 Å². The summed E-state index contributed by atoms with van der Waals surface area (Å²) in [5, 5.41) is 10.8. The van der Waals surface area contributed by atoms with Crippen molar-refractivity contribution in [3.05, 3.63) is 108 Å². The Morgan fingerprint density at radius 1 is 0.971 bits per heavy atom. The van der Waals surface area contributed by atoms with Crippen LogP contribution in [0.5, 0.6) is 0 Å². The second-order valence-corrected chi connectivity index (χ2v) is 9.12. The van der Waals surface area contributed by atoms with Gasteiger partial charge in [0, 0.05) is 41.0 Å². The summed E-state index contributed by atoms with van der Waals surface area (Å²) in [6, 6.07) is 27.2. The molecule has 6 nitrogen and oxygen atoms in total. The van der Waals surface area contributed by atoms with Crippen LogP contribution in [0.15, 0.2) is 91.1 Å². The van der Waals surface area contributed by atoms with Crippen molar-refractivity contribution in [2.45, 2.75) is 26.4 Å². The highest BCUT2D eigenvalue weighted by atomic mass is 16.2. The summed E-state index contributed by atoms with van der Waals surface area (Å²) >= 11 is 0. The van der Waals surface area contributed by atoms with Crippen molar-refractivity contribution >= 4 is 17.5 Å². The van der Waals surface area contributed by atoms with Crippen LogP contribution in [0.4, 0.5) is 5.69 Å². The topological polar surface area (TPSA) is 76.0 Å². The van der Waals surface area contributed by atoms with Crippen molar-refractivity contribution in [3.63, 3.8) is 0 Å². The molecule has 1 fully saturated rings. The summed E-state index contributed by atoms with van der Waals surface area (Å²) in [6.45, 7) is 3.06. The van der Waals surface area contributed by atoms with E-state index in [9.17, 15) is 9.59 Å². The number of carbonyl (C=O) groups excluding carboxylic acids is 2. The maximum atomic E-state index is 12.9. The van der Waals surface area contributed by atoms with Crippen molar-refractivity contribution in [2.75, 3.05) is 5.32 Å². The van der Waals surface area contributed by atoms with Crippen LogP contribution in [0, 0.1) is 11.8 Å². The lowest BCUT2D eigenvalue weighted by Gasteiger charge is -2.09. The van der Waals surface area contributed by atoms with Gasteiger partial charge >= 0.3 is 0 Å². The van der Waals surface area contributed by atoms with E-state index < -0.39 is 0 Å². The van der Waals surface area contributed by atoms with Crippen molar-refractivity contribution in [3.8, 4) is 11.3 Å². The lowest BCUT2D eigenvalue weighted by molar-refractivity contribution is -0.117. The van der Waals surface area contributed by atoms with E-state index in [1.165, 1.54) is 0 Å². The molecule has 1 aliphatic carbocycles. The van der Waals surface area contributed by atoms with E-state index >= 15 is 0 Å². The Balaban J connectivity index is 1.31. The number of hydrogen-bond acceptors (Lipinski definition) is 3. The molecule has 4 aromatic rings. The zero-order valence-electron chi connectivity index (χ0n) is 19.6. The van der Waals surface area contributed by atoms with E-state index in [0.29, 0.717) is 30.3 Å². The van der Waals surface area contributed by atoms with Crippen molar-refractivity contribution in [2.24, 2.45) is 11.8 Å². The highest BCUT2D eigenvalue weighted by Gasteiger charge is 2.39. The summed E-state index contributed by atoms with van der Waals surface area (Å²) in [5.74, 6) is 0.337. The number of aromatic nitrogens is 2. The monoisotopic (exact) mass is 464 g/mol. The van der Waals surface area contributed by atoms with Crippen LogP contribution < -0.4 is 10.6 Å². The Labute approximate surface area is 205 Å². The fraction of sp³-hybridized carbons (Fsp3) is 0.207. The number of rotatable bonds is 8. The first-order valence-electron chi connectivity index (χ1n) is 11.9. The average Bonchev–Trinajstić information content (AvgIpc) is 3.49. The average molecular weight is 465 g/mol. The van der Waals surface area contributed by atoms with Crippen LogP contribution in [-0.4, -0.2) is 21.6 Å². The van der Waals surface area contributed by atoms with Gasteiger partial charge in [0.2, 0.25) is 5.91 Å². The molecular weight excluding hydrogens is 436 g/mol. The predicted molar refractivity (Wildman–Crippen MR) is 137 cm³/mol. The zero-order valence-corrected chi connectivity index (χ0v) is 19.6. The Kier molecular flexibility index (Phi) is 6.44. The normalized spacial score (nSPS) is 16.5. The number of amides is 2. The molecule has 176 valence electrons. The summed E-state index contributed by atoms with van der Waals surface area (Å²) in [7, 11) is 0. The van der Waals surface area contributed by atoms with E-state index in [-0.39, 0.29) is 17.7 Å². The maximum Gasteiger partial charge on any atom is 0.251 e. The van der Waals surface area contributed by atoms with Crippen molar-refractivity contribution < 1.29 is 9.59 Å². The molecule has 0 saturated heterocycles. The molecule has 3 aromatic carbocycles. The molecule has 2 amide bonds. The van der Waals surface area contributed by atoms with Gasteiger partial charge in [0.25, 0.3) is 5.91 Å². The Morgan fingerprint density at radius 3 is 2.40 bits per heavy atom. The maximum absolute atomic E-state index is 12.9. The van der Waals surface area contributed by atoms with E-state index in [1.54, 1.807) is 18.2 Å². The molecule has 0 spiro atoms. The molecule has 6 heteroatoms. The summed E-state index contributed by atoms with van der Waals surface area (Å²) < 4.78 is 1.91. The van der Waals surface area contributed by atoms with Gasteiger partial charge in [-0.25, -0.2) is 0 Å². The quantitative estimate of drug-likeness (QED) is 0.380. The van der Waals surface area contributed by atoms with Crippen LogP contribution in [-0.2, 0) is 17.9 Å². The third kappa shape index (κ3) is 5.49. The van der Waals surface area contributed by atoms with E-state index in [1.807, 2.05) is 65.5 Å². The highest BCUT2D eigenvalue weighted by Crippen LogP contribution is 2.38. The predicted octanol–water partition coefficient (Wildman–Crippen LogP) is 5.12. The van der Waals surface area contributed by atoms with Gasteiger partial charge in [-0.05, 0) is 36.1 Å². The third-order valence-corrected chi connectivity index (χ3v) is 6.35. The Bertz CT molecular complexity index is 1330. The number of anilines is 1. The lowest BCUT2D eigenvalue weighted by Crippen LogP contribution is -2.23. The van der Waals surface area contributed by atoms with Crippen LogP contribution in [0.1, 0.15) is 34.8 Å². The number of nitrogens with one attached hydrogen (secondary N) is 2. The molecule has 0 radical (unpaired) electrons. The molecule has 0 bridgehead atoms. The van der Waals surface area contributed by atoms with Crippen molar-refractivity contribution in [1.82, 2.24) is 15.1 Å².